The van der Waals surface area contributed by atoms with Crippen LogP contribution in [0.5, 0.6) is 5.75 Å². The van der Waals surface area contributed by atoms with Crippen LogP contribution in [-0.4, -0.2) is 44.3 Å². The molecule has 2 heterocycles. The molecule has 1 aromatic carbocycles. The van der Waals surface area contributed by atoms with Gasteiger partial charge in [0.05, 0.1) is 17.8 Å². The van der Waals surface area contributed by atoms with Crippen molar-refractivity contribution in [3.05, 3.63) is 36.0 Å². The molecule has 2 aromatic rings. The van der Waals surface area contributed by atoms with Crippen LogP contribution in [0.3, 0.4) is 0 Å². The molecule has 1 saturated heterocycles. The Hall–Kier alpha value is -1.50. The second-order valence-corrected chi connectivity index (χ2v) is 9.48. The third-order valence-electron chi connectivity index (χ3n) is 5.29. The molecule has 3 rings (SSSR count). The van der Waals surface area contributed by atoms with Crippen LogP contribution >= 0.6 is 12.4 Å². The Morgan fingerprint density at radius 2 is 1.71 bits per heavy atom. The fourth-order valence-corrected chi connectivity index (χ4v) is 4.57. The summed E-state index contributed by atoms with van der Waals surface area (Å²) >= 11 is 0. The number of aromatic nitrogens is 1. The number of hydrogen-bond donors (Lipinski definition) is 1. The molecule has 1 aliphatic heterocycles. The molecular weight excluding hydrogens is 396 g/mol. The number of ether oxygens (including phenoxy) is 1. The van der Waals surface area contributed by atoms with Gasteiger partial charge >= 0.3 is 0 Å². The Bertz CT molecular complexity index is 856. The third-order valence-corrected chi connectivity index (χ3v) is 7.02. The molecule has 1 fully saturated rings. The first-order valence-electron chi connectivity index (χ1n) is 9.85. The predicted octanol–water partition coefficient (Wildman–Crippen LogP) is 4.67. The molecule has 0 atom stereocenters. The minimum Gasteiger partial charge on any atom is -0.496 e. The lowest BCUT2D eigenvalue weighted by Crippen LogP contribution is -2.26. The summed E-state index contributed by atoms with van der Waals surface area (Å²) in [6, 6.07) is 9.17. The lowest BCUT2D eigenvalue weighted by atomic mass is 10.1. The van der Waals surface area contributed by atoms with Crippen molar-refractivity contribution in [1.29, 1.82) is 0 Å². The highest BCUT2D eigenvalue weighted by Gasteiger charge is 2.17. The van der Waals surface area contributed by atoms with E-state index < -0.39 is 9.84 Å². The number of sulfone groups is 1. The maximum Gasteiger partial charge on any atom is 0.178 e. The predicted molar refractivity (Wildman–Crippen MR) is 116 cm³/mol. The van der Waals surface area contributed by atoms with Gasteiger partial charge in [-0.1, -0.05) is 26.2 Å². The summed E-state index contributed by atoms with van der Waals surface area (Å²) in [7, 11) is -1.65. The van der Waals surface area contributed by atoms with Crippen LogP contribution in [0.2, 0.25) is 0 Å². The van der Waals surface area contributed by atoms with E-state index in [0.717, 1.165) is 36.6 Å². The normalized spacial score (nSPS) is 16.1. The van der Waals surface area contributed by atoms with Crippen LogP contribution in [0.25, 0.3) is 11.3 Å². The Balaban J connectivity index is 0.00000280. The van der Waals surface area contributed by atoms with E-state index in [-0.39, 0.29) is 18.2 Å². The number of likely N-dealkylation sites (tertiary alicyclic amines) is 1. The van der Waals surface area contributed by atoms with Crippen molar-refractivity contribution in [2.24, 2.45) is 0 Å². The van der Waals surface area contributed by atoms with Gasteiger partial charge in [0, 0.05) is 23.5 Å². The first kappa shape index (κ1) is 22.8. The van der Waals surface area contributed by atoms with Crippen LogP contribution in [-0.2, 0) is 16.4 Å². The summed E-state index contributed by atoms with van der Waals surface area (Å²) in [6.45, 7) is 4.84. The van der Waals surface area contributed by atoms with Crippen molar-refractivity contribution in [2.75, 3.05) is 26.0 Å². The quantitative estimate of drug-likeness (QED) is 0.728. The van der Waals surface area contributed by atoms with Gasteiger partial charge in [-0.3, -0.25) is 4.90 Å². The Labute approximate surface area is 174 Å². The molecule has 7 heteroatoms. The molecule has 0 saturated carbocycles. The number of nitrogens with zero attached hydrogens (tertiary/aromatic N) is 1. The zero-order valence-electron chi connectivity index (χ0n) is 16.7. The SMILES string of the molecule is CCS(=O)(=O)c1ccc(OC)c(-c2ccc(CN3CCCCCCC3)[nH]2)c1.Cl. The van der Waals surface area contributed by atoms with E-state index in [1.54, 1.807) is 32.2 Å². The standard InChI is InChI=1S/C21H30N2O3S.ClH/c1-3-27(24,25)18-10-12-21(26-2)19(15-18)20-11-9-17(22-20)16-23-13-7-5-4-6-8-14-23;/h9-12,15,22H,3-8,13-14,16H2,1-2H3;1H. The van der Waals surface area contributed by atoms with Crippen LogP contribution in [0, 0.1) is 0 Å². The van der Waals surface area contributed by atoms with E-state index in [9.17, 15) is 8.42 Å². The van der Waals surface area contributed by atoms with Gasteiger partial charge in [0.15, 0.2) is 9.84 Å². The van der Waals surface area contributed by atoms with Crippen LogP contribution in [0.4, 0.5) is 0 Å². The lowest BCUT2D eigenvalue weighted by Gasteiger charge is -2.23. The molecule has 1 N–H and O–H groups in total. The monoisotopic (exact) mass is 426 g/mol. The van der Waals surface area contributed by atoms with Gasteiger partial charge in [0.25, 0.3) is 0 Å². The number of hydrogen-bond acceptors (Lipinski definition) is 4. The van der Waals surface area contributed by atoms with Gasteiger partial charge in [-0.2, -0.15) is 0 Å². The van der Waals surface area contributed by atoms with Gasteiger partial charge < -0.3 is 9.72 Å². The van der Waals surface area contributed by atoms with Crippen LogP contribution < -0.4 is 4.74 Å². The van der Waals surface area contributed by atoms with Crippen LogP contribution in [0.1, 0.15) is 44.7 Å². The maximum atomic E-state index is 12.3. The average Bonchev–Trinajstić information content (AvgIpc) is 3.11. The Morgan fingerprint density at radius 3 is 2.36 bits per heavy atom. The van der Waals surface area contributed by atoms with Gasteiger partial charge in [-0.25, -0.2) is 8.42 Å². The minimum absolute atomic E-state index is 0. The molecule has 1 aliphatic rings. The van der Waals surface area contributed by atoms with Gasteiger partial charge in [0.2, 0.25) is 0 Å². The summed E-state index contributed by atoms with van der Waals surface area (Å²) in [5.74, 6) is 0.758. The van der Waals surface area contributed by atoms with E-state index in [1.807, 2.05) is 6.07 Å². The summed E-state index contributed by atoms with van der Waals surface area (Å²) in [4.78, 5) is 6.31. The summed E-state index contributed by atoms with van der Waals surface area (Å²) in [6.07, 6.45) is 6.53. The lowest BCUT2D eigenvalue weighted by molar-refractivity contribution is 0.237. The topological polar surface area (TPSA) is 62.4 Å². The second-order valence-electron chi connectivity index (χ2n) is 7.21. The molecule has 1 aromatic heterocycles. The Kier molecular flexibility index (Phi) is 8.40. The van der Waals surface area contributed by atoms with E-state index in [2.05, 4.69) is 16.0 Å². The molecule has 0 bridgehead atoms. The molecular formula is C21H31ClN2O3S. The van der Waals surface area contributed by atoms with Crippen molar-refractivity contribution in [3.63, 3.8) is 0 Å². The zero-order valence-corrected chi connectivity index (χ0v) is 18.4. The number of rotatable bonds is 6. The highest BCUT2D eigenvalue weighted by atomic mass is 35.5. The molecule has 0 spiro atoms. The van der Waals surface area contributed by atoms with Crippen molar-refractivity contribution < 1.29 is 13.2 Å². The number of halogens is 1. The molecule has 0 aliphatic carbocycles. The number of benzene rings is 1. The van der Waals surface area contributed by atoms with E-state index in [0.29, 0.717) is 10.6 Å². The van der Waals surface area contributed by atoms with Crippen molar-refractivity contribution in [2.45, 2.75) is 50.5 Å². The Morgan fingerprint density at radius 1 is 1.04 bits per heavy atom. The smallest absolute Gasteiger partial charge is 0.178 e. The van der Waals surface area contributed by atoms with E-state index in [1.165, 1.54) is 32.1 Å². The highest BCUT2D eigenvalue weighted by molar-refractivity contribution is 7.91. The fourth-order valence-electron chi connectivity index (χ4n) is 3.66. The summed E-state index contributed by atoms with van der Waals surface area (Å²) in [5, 5.41) is 0. The molecule has 156 valence electrons. The van der Waals surface area contributed by atoms with Crippen LogP contribution in [0.15, 0.2) is 35.2 Å². The average molecular weight is 427 g/mol. The molecule has 0 radical (unpaired) electrons. The number of aromatic amines is 1. The van der Waals surface area contributed by atoms with Crippen molar-refractivity contribution in [3.8, 4) is 17.0 Å². The molecule has 0 amide bonds. The van der Waals surface area contributed by atoms with E-state index in [4.69, 9.17) is 4.74 Å². The van der Waals surface area contributed by atoms with Gasteiger partial charge in [-0.15, -0.1) is 12.4 Å². The molecule has 28 heavy (non-hydrogen) atoms. The fraction of sp³-hybridized carbons (Fsp3) is 0.524. The van der Waals surface area contributed by atoms with Crippen molar-refractivity contribution >= 4 is 22.2 Å². The van der Waals surface area contributed by atoms with E-state index >= 15 is 0 Å². The summed E-state index contributed by atoms with van der Waals surface area (Å²) in [5.41, 5.74) is 2.82. The number of nitrogens with one attached hydrogen (secondary N) is 1. The molecule has 0 unspecified atom stereocenters. The minimum atomic E-state index is -3.25. The second kappa shape index (κ2) is 10.3. The largest absolute Gasteiger partial charge is 0.496 e. The first-order chi connectivity index (χ1) is 13.0. The number of methoxy groups -OCH3 is 1. The van der Waals surface area contributed by atoms with Gasteiger partial charge in [0.1, 0.15) is 5.75 Å². The van der Waals surface area contributed by atoms with Crippen molar-refractivity contribution in [1.82, 2.24) is 9.88 Å². The first-order valence-corrected chi connectivity index (χ1v) is 11.5. The molecule has 5 nitrogen and oxygen atoms in total. The number of H-pyrrole nitrogens is 1. The van der Waals surface area contributed by atoms with Gasteiger partial charge in [-0.05, 0) is 56.3 Å². The zero-order chi connectivity index (χ0) is 19.3. The highest BCUT2D eigenvalue weighted by Crippen LogP contribution is 2.32. The summed E-state index contributed by atoms with van der Waals surface area (Å²) < 4.78 is 30.0. The maximum absolute atomic E-state index is 12.3. The third kappa shape index (κ3) is 5.52.